The highest BCUT2D eigenvalue weighted by Gasteiger charge is 2.51. The zero-order valence-corrected chi connectivity index (χ0v) is 40.9. The lowest BCUT2D eigenvalue weighted by atomic mass is 9.85. The summed E-state index contributed by atoms with van der Waals surface area (Å²) in [6.07, 6.45) is 36.9. The van der Waals surface area contributed by atoms with Gasteiger partial charge in [-0.25, -0.2) is 4.57 Å². The van der Waals surface area contributed by atoms with Crippen LogP contribution in [0.5, 0.6) is 0 Å². The van der Waals surface area contributed by atoms with E-state index in [1.54, 1.807) is 0 Å². The van der Waals surface area contributed by atoms with Crippen LogP contribution in [-0.2, 0) is 32.7 Å². The fourth-order valence-corrected chi connectivity index (χ4v) is 8.35. The van der Waals surface area contributed by atoms with Gasteiger partial charge < -0.3 is 39.9 Å². The van der Waals surface area contributed by atoms with Crippen LogP contribution < -0.4 is 0 Å². The molecule has 0 heterocycles. The number of aliphatic hydroxyl groups is 5. The molecular formula is C51H89O13P. The maximum atomic E-state index is 12.8. The molecule has 0 saturated heterocycles. The van der Waals surface area contributed by atoms with Crippen LogP contribution in [0.2, 0.25) is 0 Å². The van der Waals surface area contributed by atoms with Gasteiger partial charge in [-0.05, 0) is 57.8 Å². The van der Waals surface area contributed by atoms with Crippen LogP contribution in [0.1, 0.15) is 194 Å². The van der Waals surface area contributed by atoms with Crippen LogP contribution in [0.3, 0.4) is 0 Å². The first-order valence-corrected chi connectivity index (χ1v) is 26.6. The van der Waals surface area contributed by atoms with E-state index in [0.29, 0.717) is 12.8 Å². The van der Waals surface area contributed by atoms with Crippen molar-refractivity contribution in [1.29, 1.82) is 0 Å². The highest BCUT2D eigenvalue weighted by molar-refractivity contribution is 7.47. The van der Waals surface area contributed by atoms with Crippen molar-refractivity contribution >= 4 is 19.8 Å². The van der Waals surface area contributed by atoms with Crippen LogP contribution in [0, 0.1) is 0 Å². The SMILES string of the molecule is CC/C=C/C/C=C/C/C=C/C/C=C/C/C=C/CCCCCC(=O)OC[C@@H](COP(=O)(O)OC1C(O)C(O)C(O)[C@H](O)C1O)OC(=O)CCCCCCCCCCCCCCCCCCC. The van der Waals surface area contributed by atoms with Gasteiger partial charge in [-0.1, -0.05) is 184 Å². The number of phosphoric acid groups is 1. The van der Waals surface area contributed by atoms with Gasteiger partial charge in [-0.15, -0.1) is 0 Å². The van der Waals surface area contributed by atoms with E-state index in [4.69, 9.17) is 18.5 Å². The van der Waals surface area contributed by atoms with E-state index in [1.165, 1.54) is 77.0 Å². The lowest BCUT2D eigenvalue weighted by Crippen LogP contribution is -2.64. The van der Waals surface area contributed by atoms with Gasteiger partial charge in [0.2, 0.25) is 0 Å². The van der Waals surface area contributed by atoms with Crippen molar-refractivity contribution in [2.45, 2.75) is 236 Å². The Labute approximate surface area is 392 Å². The predicted octanol–water partition coefficient (Wildman–Crippen LogP) is 10.5. The van der Waals surface area contributed by atoms with Gasteiger partial charge in [0.05, 0.1) is 6.61 Å². The lowest BCUT2D eigenvalue weighted by molar-refractivity contribution is -0.220. The van der Waals surface area contributed by atoms with E-state index >= 15 is 0 Å². The number of hydrogen-bond acceptors (Lipinski definition) is 12. The summed E-state index contributed by atoms with van der Waals surface area (Å²) in [5, 5.41) is 50.2. The second kappa shape index (κ2) is 40.6. The Bertz CT molecular complexity index is 1370. The third kappa shape index (κ3) is 32.8. The Morgan fingerprint density at radius 1 is 0.492 bits per heavy atom. The first-order valence-electron chi connectivity index (χ1n) is 25.1. The maximum Gasteiger partial charge on any atom is 0.472 e. The molecule has 1 aliphatic rings. The van der Waals surface area contributed by atoms with Crippen molar-refractivity contribution in [3.63, 3.8) is 0 Å². The third-order valence-electron chi connectivity index (χ3n) is 11.4. The predicted molar refractivity (Wildman–Crippen MR) is 258 cm³/mol. The van der Waals surface area contributed by atoms with Gasteiger partial charge in [0.25, 0.3) is 0 Å². The first kappa shape index (κ1) is 60.6. The van der Waals surface area contributed by atoms with E-state index < -0.39 is 75.7 Å². The van der Waals surface area contributed by atoms with Crippen LogP contribution in [0.4, 0.5) is 0 Å². The van der Waals surface area contributed by atoms with Crippen LogP contribution in [0.25, 0.3) is 0 Å². The molecular weight excluding hydrogens is 852 g/mol. The second-order valence-corrected chi connectivity index (χ2v) is 18.7. The molecule has 1 fully saturated rings. The highest BCUT2D eigenvalue weighted by Crippen LogP contribution is 2.47. The molecule has 1 rings (SSSR count). The third-order valence-corrected chi connectivity index (χ3v) is 12.4. The number of aliphatic hydroxyl groups excluding tert-OH is 5. The minimum Gasteiger partial charge on any atom is -0.462 e. The van der Waals surface area contributed by atoms with E-state index in [0.717, 1.165) is 77.0 Å². The molecule has 0 bridgehead atoms. The summed E-state index contributed by atoms with van der Waals surface area (Å²) in [4.78, 5) is 35.8. The molecule has 0 aromatic carbocycles. The quantitative estimate of drug-likeness (QED) is 0.0146. The minimum atomic E-state index is -5.13. The summed E-state index contributed by atoms with van der Waals surface area (Å²) >= 11 is 0. The Morgan fingerprint density at radius 2 is 0.877 bits per heavy atom. The summed E-state index contributed by atoms with van der Waals surface area (Å²) in [7, 11) is -5.13. The first-order chi connectivity index (χ1) is 31.4. The zero-order chi connectivity index (χ0) is 47.8. The number of rotatable bonds is 41. The number of carbonyl (C=O) groups is 2. The summed E-state index contributed by atoms with van der Waals surface area (Å²) in [6, 6.07) is 0. The molecule has 0 aliphatic heterocycles. The minimum absolute atomic E-state index is 0.0901. The zero-order valence-electron chi connectivity index (χ0n) is 40.0. The molecule has 8 atom stereocenters. The largest absolute Gasteiger partial charge is 0.472 e. The number of carbonyl (C=O) groups excluding carboxylic acids is 2. The van der Waals surface area contributed by atoms with Crippen LogP contribution >= 0.6 is 7.82 Å². The van der Waals surface area contributed by atoms with Crippen molar-refractivity contribution in [3.8, 4) is 0 Å². The molecule has 13 nitrogen and oxygen atoms in total. The fraction of sp³-hybridized carbons (Fsp3) is 0.765. The topological polar surface area (TPSA) is 210 Å². The van der Waals surface area contributed by atoms with Gasteiger partial charge in [-0.3, -0.25) is 18.6 Å². The Kier molecular flexibility index (Phi) is 37.8. The molecule has 0 amide bonds. The number of unbranched alkanes of at least 4 members (excludes halogenated alkanes) is 19. The van der Waals surface area contributed by atoms with Crippen LogP contribution in [0.15, 0.2) is 60.8 Å². The Balaban J connectivity index is 2.44. The van der Waals surface area contributed by atoms with Crippen molar-refractivity contribution in [3.05, 3.63) is 60.8 Å². The summed E-state index contributed by atoms with van der Waals surface area (Å²) in [6.45, 7) is 3.18. The fourth-order valence-electron chi connectivity index (χ4n) is 7.37. The van der Waals surface area contributed by atoms with E-state index in [1.807, 2.05) is 0 Å². The summed E-state index contributed by atoms with van der Waals surface area (Å²) in [5.41, 5.74) is 0. The number of phosphoric ester groups is 1. The molecule has 0 aromatic rings. The van der Waals surface area contributed by atoms with Crippen molar-refractivity contribution in [1.82, 2.24) is 0 Å². The molecule has 0 aromatic heterocycles. The molecule has 1 saturated carbocycles. The number of ether oxygens (including phenoxy) is 2. The Morgan fingerprint density at radius 3 is 1.34 bits per heavy atom. The maximum absolute atomic E-state index is 12.8. The summed E-state index contributed by atoms with van der Waals surface area (Å²) < 4.78 is 33.6. The highest BCUT2D eigenvalue weighted by atomic mass is 31.2. The second-order valence-electron chi connectivity index (χ2n) is 17.3. The smallest absolute Gasteiger partial charge is 0.462 e. The van der Waals surface area contributed by atoms with E-state index in [2.05, 4.69) is 74.6 Å². The van der Waals surface area contributed by atoms with Gasteiger partial charge >= 0.3 is 19.8 Å². The van der Waals surface area contributed by atoms with Gasteiger partial charge in [0, 0.05) is 12.8 Å². The molecule has 1 aliphatic carbocycles. The molecule has 0 radical (unpaired) electrons. The molecule has 6 unspecified atom stereocenters. The monoisotopic (exact) mass is 941 g/mol. The van der Waals surface area contributed by atoms with E-state index in [9.17, 15) is 44.6 Å². The normalized spacial score (nSPS) is 21.9. The lowest BCUT2D eigenvalue weighted by Gasteiger charge is -2.41. The average molecular weight is 941 g/mol. The molecule has 6 N–H and O–H groups in total. The molecule has 0 spiro atoms. The van der Waals surface area contributed by atoms with Gasteiger partial charge in [0.1, 0.15) is 43.2 Å². The van der Waals surface area contributed by atoms with Crippen molar-refractivity contribution in [2.75, 3.05) is 13.2 Å². The van der Waals surface area contributed by atoms with Gasteiger partial charge in [-0.2, -0.15) is 0 Å². The average Bonchev–Trinajstić information content (AvgIpc) is 3.29. The van der Waals surface area contributed by atoms with Crippen LogP contribution in [-0.4, -0.2) is 98.3 Å². The van der Waals surface area contributed by atoms with E-state index in [-0.39, 0.29) is 12.8 Å². The van der Waals surface area contributed by atoms with Crippen molar-refractivity contribution in [2.24, 2.45) is 0 Å². The Hall–Kier alpha value is -2.45. The number of allylic oxidation sites excluding steroid dienone is 10. The van der Waals surface area contributed by atoms with Gasteiger partial charge in [0.15, 0.2) is 6.10 Å². The molecule has 376 valence electrons. The number of hydrogen-bond donors (Lipinski definition) is 6. The standard InChI is InChI=1S/C51H89O13P/c1-3-5-7-9-11-13-15-17-19-21-22-24-25-27-29-31-33-35-37-39-44(52)61-41-43(42-62-65(59,60)64-51-49(57)47(55)46(54)48(56)50(51)58)63-45(53)40-38-36-34-32-30-28-26-23-20-18-16-14-12-10-8-6-4-2/h5,7,11,13,17,19,22,24,27,29,43,46-51,54-58H,3-4,6,8-10,12,14-16,18,20-21,23,25-26,28,30-42H2,1-2H3,(H,59,60)/b7-5+,13-11+,19-17+,24-22+,29-27+/t43-,46?,47-,48?,49?,50?,51?/m0/s1. The molecule has 14 heteroatoms. The number of esters is 2. The summed E-state index contributed by atoms with van der Waals surface area (Å²) in [5.74, 6) is -1.13. The van der Waals surface area contributed by atoms with Crippen molar-refractivity contribution < 1.29 is 63.1 Å². The molecule has 65 heavy (non-hydrogen) atoms.